The third-order valence-corrected chi connectivity index (χ3v) is 6.27. The van der Waals surface area contributed by atoms with E-state index in [1.807, 2.05) is 30.2 Å². The Labute approximate surface area is 200 Å². The summed E-state index contributed by atoms with van der Waals surface area (Å²) in [7, 11) is 0. The second-order valence-corrected chi connectivity index (χ2v) is 11.7. The van der Waals surface area contributed by atoms with Gasteiger partial charge in [-0.25, -0.2) is 9.78 Å². The van der Waals surface area contributed by atoms with Crippen LogP contribution < -0.4 is 15.5 Å². The summed E-state index contributed by atoms with van der Waals surface area (Å²) >= 11 is 1.59. The molecule has 0 spiro atoms. The summed E-state index contributed by atoms with van der Waals surface area (Å²) in [5, 5.41) is 12.5. The van der Waals surface area contributed by atoms with Crippen LogP contribution in [0.3, 0.4) is 0 Å². The number of aromatic nitrogens is 3. The summed E-state index contributed by atoms with van der Waals surface area (Å²) in [5.41, 5.74) is 2.83. The molecule has 3 aromatic rings. The minimum atomic E-state index is -0.236. The highest BCUT2D eigenvalue weighted by atomic mass is 32.1. The van der Waals surface area contributed by atoms with Gasteiger partial charge >= 0.3 is 6.03 Å². The van der Waals surface area contributed by atoms with Crippen LogP contribution in [-0.4, -0.2) is 62.8 Å². The summed E-state index contributed by atoms with van der Waals surface area (Å²) in [6.45, 7) is 17.4. The predicted molar refractivity (Wildman–Crippen MR) is 136 cm³/mol. The van der Waals surface area contributed by atoms with Gasteiger partial charge in [-0.05, 0) is 54.5 Å². The number of imidazole rings is 1. The third kappa shape index (κ3) is 5.40. The zero-order valence-corrected chi connectivity index (χ0v) is 21.5. The molecule has 1 saturated heterocycles. The minimum absolute atomic E-state index is 0.00412. The van der Waals surface area contributed by atoms with Gasteiger partial charge < -0.3 is 20.4 Å². The van der Waals surface area contributed by atoms with Crippen LogP contribution in [0.4, 0.5) is 15.7 Å². The molecule has 1 aliphatic heterocycles. The Morgan fingerprint density at radius 3 is 2.33 bits per heavy atom. The number of urea groups is 1. The van der Waals surface area contributed by atoms with Crippen LogP contribution in [0.2, 0.25) is 0 Å². The molecule has 0 unspecified atom stereocenters. The van der Waals surface area contributed by atoms with Gasteiger partial charge in [0.25, 0.3) is 0 Å². The predicted octanol–water partition coefficient (Wildman–Crippen LogP) is 4.61. The summed E-state index contributed by atoms with van der Waals surface area (Å²) in [6, 6.07) is 8.40. The molecule has 2 amide bonds. The third-order valence-electron chi connectivity index (χ3n) is 5.30. The summed E-state index contributed by atoms with van der Waals surface area (Å²) in [4.78, 5) is 22.4. The fraction of sp³-hybridized carbons (Fsp3) is 0.542. The number of hydrogen-bond acceptors (Lipinski definition) is 6. The zero-order chi connectivity index (χ0) is 24.0. The lowest BCUT2D eigenvalue weighted by molar-refractivity contribution is 0.185. The van der Waals surface area contributed by atoms with Gasteiger partial charge in [-0.2, -0.15) is 4.52 Å². The van der Waals surface area contributed by atoms with Gasteiger partial charge in [0.1, 0.15) is 5.69 Å². The average Bonchev–Trinajstić information content (AvgIpc) is 3.25. The average molecular weight is 470 g/mol. The highest BCUT2D eigenvalue weighted by Crippen LogP contribution is 2.35. The van der Waals surface area contributed by atoms with Gasteiger partial charge in [-0.15, -0.1) is 5.10 Å². The first-order valence-corrected chi connectivity index (χ1v) is 12.3. The normalized spacial score (nSPS) is 15.2. The van der Waals surface area contributed by atoms with E-state index in [4.69, 9.17) is 10.1 Å². The van der Waals surface area contributed by atoms with Gasteiger partial charge in [0.2, 0.25) is 10.1 Å². The molecule has 9 heteroatoms. The minimum Gasteiger partial charge on any atom is -0.364 e. The first kappa shape index (κ1) is 23.4. The van der Waals surface area contributed by atoms with E-state index in [-0.39, 0.29) is 17.1 Å². The van der Waals surface area contributed by atoms with Crippen molar-refractivity contribution in [2.24, 2.45) is 0 Å². The first-order valence-electron chi connectivity index (χ1n) is 11.5. The van der Waals surface area contributed by atoms with Crippen LogP contribution >= 0.6 is 11.3 Å². The molecular formula is C24H35N7OS. The Hall–Kier alpha value is -2.81. The molecular weight excluding hydrogens is 434 g/mol. The molecule has 0 atom stereocenters. The number of fused-ring (bicyclic) bond motifs is 1. The molecule has 0 bridgehead atoms. The first-order chi connectivity index (χ1) is 15.4. The van der Waals surface area contributed by atoms with E-state index in [1.54, 1.807) is 11.3 Å². The molecule has 8 nitrogen and oxygen atoms in total. The monoisotopic (exact) mass is 469 g/mol. The molecule has 0 saturated carbocycles. The fourth-order valence-electron chi connectivity index (χ4n) is 3.83. The second kappa shape index (κ2) is 8.52. The van der Waals surface area contributed by atoms with E-state index >= 15 is 0 Å². The van der Waals surface area contributed by atoms with Crippen molar-refractivity contribution < 1.29 is 4.79 Å². The van der Waals surface area contributed by atoms with Crippen LogP contribution in [0, 0.1) is 6.92 Å². The van der Waals surface area contributed by atoms with Crippen molar-refractivity contribution in [3.63, 3.8) is 0 Å². The lowest BCUT2D eigenvalue weighted by Crippen LogP contribution is -2.55. The van der Waals surface area contributed by atoms with Gasteiger partial charge in [-0.3, -0.25) is 0 Å². The number of aryl methyl sites for hydroxylation is 1. The van der Waals surface area contributed by atoms with Crippen molar-refractivity contribution in [2.75, 3.05) is 36.4 Å². The number of nitrogens with one attached hydrogen (secondary N) is 2. The molecule has 0 radical (unpaired) electrons. The van der Waals surface area contributed by atoms with Crippen molar-refractivity contribution in [1.29, 1.82) is 0 Å². The number of hydrogen-bond donors (Lipinski definition) is 2. The Morgan fingerprint density at radius 1 is 1.03 bits per heavy atom. The number of amides is 2. The highest BCUT2D eigenvalue weighted by Gasteiger charge is 2.27. The number of rotatable bonds is 3. The highest BCUT2D eigenvalue weighted by molar-refractivity contribution is 7.20. The van der Waals surface area contributed by atoms with E-state index in [2.05, 4.69) is 67.5 Å². The van der Waals surface area contributed by atoms with Crippen LogP contribution in [0.25, 0.3) is 16.2 Å². The smallest absolute Gasteiger partial charge is 0.317 e. The zero-order valence-electron chi connectivity index (χ0n) is 20.7. The summed E-state index contributed by atoms with van der Waals surface area (Å²) in [6.07, 6.45) is 0. The molecule has 1 aliphatic rings. The van der Waals surface area contributed by atoms with Crippen LogP contribution in [0.1, 0.15) is 47.1 Å². The van der Waals surface area contributed by atoms with Crippen molar-refractivity contribution >= 4 is 33.3 Å². The number of carbonyl (C=O) groups excluding carboxylic acids is 1. The number of carbonyl (C=O) groups is 1. The van der Waals surface area contributed by atoms with Gasteiger partial charge in [0.15, 0.2) is 5.82 Å². The van der Waals surface area contributed by atoms with E-state index in [9.17, 15) is 4.79 Å². The molecule has 3 heterocycles. The SMILES string of the molecule is Cc1cccc(-c2nc3sc(N4CCN(C(=O)NC(C)(C)C)CC4)nn3c2NC(C)(C)C)c1. The topological polar surface area (TPSA) is 77.8 Å². The van der Waals surface area contributed by atoms with Gasteiger partial charge in [-0.1, -0.05) is 35.1 Å². The van der Waals surface area contributed by atoms with E-state index in [1.165, 1.54) is 5.56 Å². The van der Waals surface area contributed by atoms with E-state index in [0.717, 1.165) is 40.3 Å². The van der Waals surface area contributed by atoms with E-state index in [0.29, 0.717) is 13.1 Å². The molecule has 178 valence electrons. The Bertz CT molecular complexity index is 1140. The Kier molecular flexibility index (Phi) is 6.03. The van der Waals surface area contributed by atoms with Gasteiger partial charge in [0.05, 0.1) is 0 Å². The number of benzene rings is 1. The standard InChI is InChI=1S/C24H35N7OS/c1-16-9-8-10-17(15-16)18-19(26-23(2,3)4)31-21(25-18)33-22(28-31)30-13-11-29(12-14-30)20(32)27-24(5,6)7/h8-10,15,26H,11-14H2,1-7H3,(H,27,32). The molecule has 4 rings (SSSR count). The molecule has 2 aromatic heterocycles. The molecule has 0 aliphatic carbocycles. The number of piperazine rings is 1. The van der Waals surface area contributed by atoms with Crippen molar-refractivity contribution in [3.8, 4) is 11.3 Å². The van der Waals surface area contributed by atoms with E-state index < -0.39 is 0 Å². The summed E-state index contributed by atoms with van der Waals surface area (Å²) < 4.78 is 1.93. The van der Waals surface area contributed by atoms with Crippen LogP contribution in [0.15, 0.2) is 24.3 Å². The van der Waals surface area contributed by atoms with Crippen molar-refractivity contribution in [2.45, 2.75) is 59.5 Å². The number of nitrogens with zero attached hydrogens (tertiary/aromatic N) is 5. The molecule has 33 heavy (non-hydrogen) atoms. The quantitative estimate of drug-likeness (QED) is 0.586. The maximum atomic E-state index is 12.5. The Balaban J connectivity index is 1.58. The van der Waals surface area contributed by atoms with Crippen molar-refractivity contribution in [3.05, 3.63) is 29.8 Å². The molecule has 1 aromatic carbocycles. The fourth-order valence-corrected chi connectivity index (χ4v) is 4.78. The largest absolute Gasteiger partial charge is 0.364 e. The molecule has 2 N–H and O–H groups in total. The summed E-state index contributed by atoms with van der Waals surface area (Å²) in [5.74, 6) is 0.911. The second-order valence-electron chi connectivity index (χ2n) is 10.8. The van der Waals surface area contributed by atoms with Gasteiger partial charge in [0, 0.05) is 42.8 Å². The maximum absolute atomic E-state index is 12.5. The Morgan fingerprint density at radius 2 is 1.73 bits per heavy atom. The lowest BCUT2D eigenvalue weighted by Gasteiger charge is -2.36. The lowest BCUT2D eigenvalue weighted by atomic mass is 10.1. The van der Waals surface area contributed by atoms with Crippen LogP contribution in [0.5, 0.6) is 0 Å². The number of anilines is 2. The molecule has 1 fully saturated rings. The van der Waals surface area contributed by atoms with Crippen LogP contribution in [-0.2, 0) is 0 Å². The maximum Gasteiger partial charge on any atom is 0.317 e. The van der Waals surface area contributed by atoms with Crippen molar-refractivity contribution in [1.82, 2.24) is 24.8 Å².